The van der Waals surface area contributed by atoms with Gasteiger partial charge in [-0.1, -0.05) is 38.1 Å². The topological polar surface area (TPSA) is 76.3 Å². The van der Waals surface area contributed by atoms with Crippen LogP contribution in [0.4, 0.5) is 5.82 Å². The number of sulfonamides is 1. The van der Waals surface area contributed by atoms with E-state index in [0.29, 0.717) is 17.7 Å². The van der Waals surface area contributed by atoms with Crippen LogP contribution >= 0.6 is 0 Å². The van der Waals surface area contributed by atoms with Gasteiger partial charge in [-0.15, -0.1) is 0 Å². The molecule has 1 saturated heterocycles. The monoisotopic (exact) mass is 373 g/mol. The number of nitrogens with two attached hydrogens (primary N) is 1. The van der Waals surface area contributed by atoms with E-state index in [0.717, 1.165) is 32.4 Å². The quantitative estimate of drug-likeness (QED) is 0.872. The highest BCUT2D eigenvalue weighted by atomic mass is 32.2. The molecule has 1 aliphatic heterocycles. The van der Waals surface area contributed by atoms with Gasteiger partial charge in [-0.25, -0.2) is 18.5 Å². The molecule has 0 aliphatic carbocycles. The molecule has 1 aliphatic rings. The van der Waals surface area contributed by atoms with E-state index < -0.39 is 10.0 Å². The molecular formula is C20H27N3O2S. The molecule has 26 heavy (non-hydrogen) atoms. The number of aromatic nitrogens is 1. The third-order valence-corrected chi connectivity index (χ3v) is 6.07. The predicted molar refractivity (Wildman–Crippen MR) is 105 cm³/mol. The van der Waals surface area contributed by atoms with Crippen molar-refractivity contribution in [2.24, 2.45) is 11.1 Å². The van der Waals surface area contributed by atoms with Crippen molar-refractivity contribution in [3.8, 4) is 0 Å². The molecule has 0 bridgehead atoms. The largest absolute Gasteiger partial charge is 0.355 e. The van der Waals surface area contributed by atoms with Gasteiger partial charge in [-0.05, 0) is 54.4 Å². The molecule has 0 saturated carbocycles. The van der Waals surface area contributed by atoms with Crippen molar-refractivity contribution in [3.05, 3.63) is 53.7 Å². The van der Waals surface area contributed by atoms with Gasteiger partial charge in [0.25, 0.3) is 0 Å². The van der Waals surface area contributed by atoms with E-state index >= 15 is 0 Å². The summed E-state index contributed by atoms with van der Waals surface area (Å²) in [6.07, 6.45) is 4.72. The summed E-state index contributed by atoms with van der Waals surface area (Å²) in [5.41, 5.74) is 2.74. The molecule has 2 heterocycles. The Morgan fingerprint density at radius 2 is 1.81 bits per heavy atom. The number of rotatable bonds is 5. The van der Waals surface area contributed by atoms with E-state index in [9.17, 15) is 8.42 Å². The van der Waals surface area contributed by atoms with Gasteiger partial charge in [0, 0.05) is 19.3 Å². The SMILES string of the molecule is CC(C)c1ccc(CC2CCN(c3ncccc3S(N)(=O)=O)CC2)cc1. The molecule has 6 heteroatoms. The second-order valence-corrected chi connectivity index (χ2v) is 8.93. The van der Waals surface area contributed by atoms with E-state index in [1.807, 2.05) is 4.90 Å². The number of hydrogen-bond donors (Lipinski definition) is 1. The van der Waals surface area contributed by atoms with E-state index in [1.165, 1.54) is 17.2 Å². The lowest BCUT2D eigenvalue weighted by molar-refractivity contribution is 0.401. The number of nitrogens with zero attached hydrogens (tertiary/aromatic N) is 2. The minimum Gasteiger partial charge on any atom is -0.355 e. The normalized spacial score (nSPS) is 16.2. The number of benzene rings is 1. The first-order chi connectivity index (χ1) is 12.3. The fraction of sp³-hybridized carbons (Fsp3) is 0.450. The van der Waals surface area contributed by atoms with Crippen molar-refractivity contribution in [3.63, 3.8) is 0 Å². The summed E-state index contributed by atoms with van der Waals surface area (Å²) in [7, 11) is -3.76. The summed E-state index contributed by atoms with van der Waals surface area (Å²) >= 11 is 0. The van der Waals surface area contributed by atoms with Crippen molar-refractivity contribution >= 4 is 15.8 Å². The van der Waals surface area contributed by atoms with Crippen LogP contribution in [0.3, 0.4) is 0 Å². The van der Waals surface area contributed by atoms with Gasteiger partial charge in [0.15, 0.2) is 0 Å². The minimum atomic E-state index is -3.76. The molecule has 1 fully saturated rings. The summed E-state index contributed by atoms with van der Waals surface area (Å²) in [6, 6.07) is 12.1. The van der Waals surface area contributed by atoms with Crippen LogP contribution in [0.5, 0.6) is 0 Å². The highest BCUT2D eigenvalue weighted by Gasteiger charge is 2.25. The number of piperidine rings is 1. The Bertz CT molecular complexity index is 840. The molecule has 1 aromatic heterocycles. The molecule has 5 nitrogen and oxygen atoms in total. The zero-order chi connectivity index (χ0) is 18.7. The van der Waals surface area contributed by atoms with Gasteiger partial charge < -0.3 is 4.90 Å². The first-order valence-corrected chi connectivity index (χ1v) is 10.7. The van der Waals surface area contributed by atoms with Crippen LogP contribution in [0.25, 0.3) is 0 Å². The van der Waals surface area contributed by atoms with Crippen LogP contribution in [-0.2, 0) is 16.4 Å². The third-order valence-electron chi connectivity index (χ3n) is 5.14. The highest BCUT2D eigenvalue weighted by Crippen LogP contribution is 2.28. The summed E-state index contributed by atoms with van der Waals surface area (Å²) in [6.45, 7) is 6.01. The van der Waals surface area contributed by atoms with Gasteiger partial charge in [0.05, 0.1) is 0 Å². The smallest absolute Gasteiger partial charge is 0.241 e. The van der Waals surface area contributed by atoms with Gasteiger partial charge in [0.2, 0.25) is 10.0 Å². The molecule has 0 amide bonds. The summed E-state index contributed by atoms with van der Waals surface area (Å²) in [5.74, 6) is 1.64. The Kier molecular flexibility index (Phi) is 5.63. The summed E-state index contributed by atoms with van der Waals surface area (Å²) in [5, 5.41) is 5.33. The van der Waals surface area contributed by atoms with Gasteiger partial charge >= 0.3 is 0 Å². The maximum atomic E-state index is 11.8. The Hall–Kier alpha value is -1.92. The lowest BCUT2D eigenvalue weighted by Gasteiger charge is -2.33. The van der Waals surface area contributed by atoms with Crippen LogP contribution in [0.2, 0.25) is 0 Å². The van der Waals surface area contributed by atoms with Crippen molar-refractivity contribution in [2.45, 2.75) is 43.9 Å². The second-order valence-electron chi connectivity index (χ2n) is 7.40. The van der Waals surface area contributed by atoms with Crippen molar-refractivity contribution in [1.29, 1.82) is 0 Å². The summed E-state index contributed by atoms with van der Waals surface area (Å²) < 4.78 is 23.6. The number of pyridine rings is 1. The van der Waals surface area contributed by atoms with Crippen molar-refractivity contribution < 1.29 is 8.42 Å². The first kappa shape index (κ1) is 18.9. The predicted octanol–water partition coefficient (Wildman–Crippen LogP) is 3.31. The lowest BCUT2D eigenvalue weighted by Crippen LogP contribution is -2.36. The standard InChI is InChI=1S/C20H27N3O2S/c1-15(2)18-7-5-16(6-8-18)14-17-9-12-23(13-10-17)20-19(26(21,24)25)4-3-11-22-20/h3-8,11,15,17H,9-10,12-14H2,1-2H3,(H2,21,24,25). The Morgan fingerprint density at radius 1 is 1.15 bits per heavy atom. The van der Waals surface area contributed by atoms with Crippen LogP contribution in [0, 0.1) is 5.92 Å². The molecule has 0 atom stereocenters. The van der Waals surface area contributed by atoms with Crippen LogP contribution < -0.4 is 10.0 Å². The van der Waals surface area contributed by atoms with Crippen molar-refractivity contribution in [1.82, 2.24) is 4.98 Å². The highest BCUT2D eigenvalue weighted by molar-refractivity contribution is 7.89. The molecule has 0 radical (unpaired) electrons. The second kappa shape index (κ2) is 7.76. The number of primary sulfonamides is 1. The fourth-order valence-corrected chi connectivity index (χ4v) is 4.27. The third kappa shape index (κ3) is 4.43. The Labute approximate surface area is 156 Å². The maximum absolute atomic E-state index is 11.8. The van der Waals surface area contributed by atoms with E-state index in [4.69, 9.17) is 5.14 Å². The summed E-state index contributed by atoms with van der Waals surface area (Å²) in [4.78, 5) is 6.42. The average molecular weight is 374 g/mol. The maximum Gasteiger partial charge on any atom is 0.241 e. The first-order valence-electron chi connectivity index (χ1n) is 9.16. The number of hydrogen-bond acceptors (Lipinski definition) is 4. The molecule has 3 rings (SSSR count). The number of anilines is 1. The van der Waals surface area contributed by atoms with E-state index in [2.05, 4.69) is 43.1 Å². The minimum absolute atomic E-state index is 0.114. The average Bonchev–Trinajstić information content (AvgIpc) is 2.62. The molecule has 2 aromatic rings. The molecule has 2 N–H and O–H groups in total. The van der Waals surface area contributed by atoms with Crippen LogP contribution in [-0.4, -0.2) is 26.5 Å². The van der Waals surface area contributed by atoms with Crippen LogP contribution in [0.1, 0.15) is 43.7 Å². The fourth-order valence-electron chi connectivity index (χ4n) is 3.56. The van der Waals surface area contributed by atoms with Crippen LogP contribution in [0.15, 0.2) is 47.5 Å². The van der Waals surface area contributed by atoms with Gasteiger partial charge in [0.1, 0.15) is 10.7 Å². The van der Waals surface area contributed by atoms with Crippen molar-refractivity contribution in [2.75, 3.05) is 18.0 Å². The lowest BCUT2D eigenvalue weighted by atomic mass is 9.89. The Morgan fingerprint density at radius 3 is 2.38 bits per heavy atom. The molecule has 1 aromatic carbocycles. The van der Waals surface area contributed by atoms with Gasteiger partial charge in [-0.3, -0.25) is 0 Å². The molecule has 0 unspecified atom stereocenters. The zero-order valence-electron chi connectivity index (χ0n) is 15.4. The van der Waals surface area contributed by atoms with E-state index in [1.54, 1.807) is 12.3 Å². The zero-order valence-corrected chi connectivity index (χ0v) is 16.2. The molecular weight excluding hydrogens is 346 g/mol. The van der Waals surface area contributed by atoms with E-state index in [-0.39, 0.29) is 4.90 Å². The molecule has 140 valence electrons. The molecule has 0 spiro atoms. The van der Waals surface area contributed by atoms with Gasteiger partial charge in [-0.2, -0.15) is 0 Å². The Balaban J connectivity index is 1.63.